The first-order valence-corrected chi connectivity index (χ1v) is 48.8. The molecule has 0 spiro atoms. The summed E-state index contributed by atoms with van der Waals surface area (Å²) in [6.45, 7) is 4.08. The zero-order valence-corrected chi connectivity index (χ0v) is 72.6. The van der Waals surface area contributed by atoms with Crippen LogP contribution in [0, 0.1) is 6.92 Å². The van der Waals surface area contributed by atoms with Crippen molar-refractivity contribution in [3.05, 3.63) is 318 Å². The smallest absolute Gasteiger partial charge is 0.182 e. The van der Waals surface area contributed by atoms with Crippen LogP contribution < -0.4 is 14.2 Å². The number of aryl methyl sites for hydroxylation is 1. The average molecular weight is 1750 g/mol. The summed E-state index contributed by atoms with van der Waals surface area (Å²) in [7, 11) is -1.62. The third-order valence-electron chi connectivity index (χ3n) is 17.0. The molecule has 0 N–H and O–H groups in total. The van der Waals surface area contributed by atoms with Crippen molar-refractivity contribution in [1.29, 1.82) is 0 Å². The van der Waals surface area contributed by atoms with Crippen LogP contribution >= 0.6 is 68.0 Å². The van der Waals surface area contributed by atoms with E-state index in [9.17, 15) is 25.3 Å². The lowest BCUT2D eigenvalue weighted by Gasteiger charge is -2.07. The van der Waals surface area contributed by atoms with E-state index < -0.39 is 64.8 Å². The summed E-state index contributed by atoms with van der Waals surface area (Å²) < 4.78 is 100. The van der Waals surface area contributed by atoms with Gasteiger partial charge in [0.15, 0.2) is 26.0 Å². The molecule has 0 aliphatic heterocycles. The summed E-state index contributed by atoms with van der Waals surface area (Å²) in [5.41, 5.74) is 11.9. The largest absolute Gasteiger partial charge is 0.497 e. The van der Waals surface area contributed by atoms with E-state index in [4.69, 9.17) is 14.2 Å². The number of hydrogen-bond donors (Lipinski definition) is 0. The molecule has 0 radical (unpaired) electrons. The van der Waals surface area contributed by atoms with Gasteiger partial charge in [-0.2, -0.15) is 0 Å². The summed E-state index contributed by atoms with van der Waals surface area (Å²) in [6, 6.07) is 92.9. The van der Waals surface area contributed by atoms with E-state index in [1.165, 1.54) is 84.4 Å². The molecule has 0 saturated carbocycles. The summed E-state index contributed by atoms with van der Waals surface area (Å²) >= 11 is 9.04. The molecule has 0 fully saturated rings. The fourth-order valence-corrected chi connectivity index (χ4v) is 25.3. The standard InChI is InChI=1S/C18H13NOS2.C16H15NO3S2.C15H13NO2S2.C15H13NOS2.C14H11NOS2.C10H11NOS2/c20-22(18-19-16-7-3-4-8-17(16)21-18)12-13-9-10-14-5-1-2-6-15(14)11-13;1-19-12-7-11(8-13(9-12)20-2)10-22(18)16-17-14-5-3-4-6-15(14)21-16;1-18-12-6-4-5-11(9-12)10-20(17)15-16-13-7-2-3-8-14(13)19-15;1-11-6-8-12(9-7-11)10-19(17)15-16-13-4-2-3-5-14(13)18-15;16-18(10-11-6-2-1-3-7-11)14-15-12-8-4-5-9-13(12)17-14;1-2-7-14(12)10-11-8-5-3-4-6-9(8)13-10/h1-11H,12H2;3-9H,10H2,1-2H3;2-9H,10H2,1H3;2-9H,10H2,1H3;1-9H,10H2;3-6H,2,7H2,1H3/t2*22-;20-;19-;18-;14-/m000000/s1. The van der Waals surface area contributed by atoms with Crippen molar-refractivity contribution in [2.24, 2.45) is 0 Å². The fraction of sp³-hybridized carbons (Fsp3) is 0.136. The van der Waals surface area contributed by atoms with Gasteiger partial charge in [-0.1, -0.05) is 194 Å². The maximum absolute atomic E-state index is 12.6. The zero-order chi connectivity index (χ0) is 80.0. The molecule has 18 aromatic rings. The topological polar surface area (TPSA) is 207 Å². The summed E-state index contributed by atoms with van der Waals surface area (Å²) in [5, 5.41) is 2.39. The minimum atomic E-state index is -1.19. The van der Waals surface area contributed by atoms with Gasteiger partial charge in [-0.25, -0.2) is 29.9 Å². The Hall–Kier alpha value is -9.46. The Labute approximate surface area is 705 Å². The highest BCUT2D eigenvalue weighted by molar-refractivity contribution is 7.88. The van der Waals surface area contributed by atoms with Crippen molar-refractivity contribution < 1.29 is 39.5 Å². The molecule has 15 nitrogen and oxygen atoms in total. The number of aromatic nitrogens is 6. The zero-order valence-electron chi connectivity index (χ0n) is 62.8. The Kier molecular flexibility index (Phi) is 30.1. The molecule has 27 heteroatoms. The van der Waals surface area contributed by atoms with Crippen LogP contribution in [0.5, 0.6) is 17.2 Å². The first-order valence-electron chi connectivity index (χ1n) is 36.0. The van der Waals surface area contributed by atoms with E-state index >= 15 is 0 Å². The van der Waals surface area contributed by atoms with Crippen molar-refractivity contribution in [3.8, 4) is 17.2 Å². The molecule has 18 rings (SSSR count). The highest BCUT2D eigenvalue weighted by Crippen LogP contribution is 2.33. The fourth-order valence-electron chi connectivity index (χ4n) is 11.3. The van der Waals surface area contributed by atoms with Gasteiger partial charge in [-0.05, 0) is 149 Å². The molecule has 0 bridgehead atoms. The number of fused-ring (bicyclic) bond motifs is 7. The molecular formula is C88H76N6O9S12. The maximum atomic E-state index is 12.6. The quantitative estimate of drug-likeness (QED) is 0.0655. The molecule has 12 aromatic carbocycles. The van der Waals surface area contributed by atoms with Gasteiger partial charge in [0.2, 0.25) is 0 Å². The lowest BCUT2D eigenvalue weighted by atomic mass is 10.1. The van der Waals surface area contributed by atoms with Crippen molar-refractivity contribution in [2.75, 3.05) is 27.1 Å². The van der Waals surface area contributed by atoms with E-state index in [1.54, 1.807) is 27.4 Å². The first-order chi connectivity index (χ1) is 56.1. The van der Waals surface area contributed by atoms with Gasteiger partial charge in [0.25, 0.3) is 0 Å². The van der Waals surface area contributed by atoms with Crippen LogP contribution in [0.1, 0.15) is 46.7 Å². The molecule has 6 aromatic heterocycles. The number of hydrogen-bond acceptors (Lipinski definition) is 21. The average Bonchev–Trinajstić information content (AvgIpc) is 1.59. The molecule has 0 saturated heterocycles. The highest BCUT2D eigenvalue weighted by Gasteiger charge is 2.18. The number of benzene rings is 12. The van der Waals surface area contributed by atoms with Crippen molar-refractivity contribution >= 4 is 205 Å². The van der Waals surface area contributed by atoms with Crippen molar-refractivity contribution in [1.82, 2.24) is 29.9 Å². The molecule has 115 heavy (non-hydrogen) atoms. The number of ether oxygens (including phenoxy) is 3. The van der Waals surface area contributed by atoms with Gasteiger partial charge in [0.05, 0.1) is 176 Å². The molecule has 0 unspecified atom stereocenters. The van der Waals surface area contributed by atoms with Crippen LogP contribution in [-0.2, 0) is 93.6 Å². The third kappa shape index (κ3) is 23.2. The van der Waals surface area contributed by atoms with Gasteiger partial charge in [0, 0.05) is 11.8 Å². The Balaban J connectivity index is 0.000000121. The van der Waals surface area contributed by atoms with Crippen LogP contribution in [0.3, 0.4) is 0 Å². The lowest BCUT2D eigenvalue weighted by molar-refractivity contribution is 0.393. The number of nitrogens with zero attached hydrogens (tertiary/aromatic N) is 6. The van der Waals surface area contributed by atoms with Crippen molar-refractivity contribution in [3.63, 3.8) is 0 Å². The Morgan fingerprint density at radius 3 is 0.913 bits per heavy atom. The second-order valence-corrected chi connectivity index (χ2v) is 41.5. The summed E-state index contributed by atoms with van der Waals surface area (Å²) in [4.78, 5) is 26.6. The van der Waals surface area contributed by atoms with Gasteiger partial charge < -0.3 is 14.2 Å². The van der Waals surface area contributed by atoms with Gasteiger partial charge >= 0.3 is 0 Å². The molecular weight excluding hydrogens is 1670 g/mol. The molecule has 0 amide bonds. The van der Waals surface area contributed by atoms with E-state index in [2.05, 4.69) is 54.2 Å². The van der Waals surface area contributed by atoms with Crippen LogP contribution in [0.4, 0.5) is 0 Å². The second kappa shape index (κ2) is 41.4. The molecule has 584 valence electrons. The number of thiazole rings is 6. The first kappa shape index (κ1) is 83.5. The van der Waals surface area contributed by atoms with E-state index in [0.717, 1.165) is 106 Å². The molecule has 6 heterocycles. The lowest BCUT2D eigenvalue weighted by Crippen LogP contribution is -1.97. The Bertz CT molecular complexity index is 6240. The van der Waals surface area contributed by atoms with E-state index in [-0.39, 0.29) is 0 Å². The number of para-hydroxylation sites is 6. The number of methoxy groups -OCH3 is 3. The van der Waals surface area contributed by atoms with Gasteiger partial charge in [-0.15, -0.1) is 68.0 Å². The normalized spacial score (nSPS) is 12.6. The van der Waals surface area contributed by atoms with Crippen LogP contribution in [0.15, 0.2) is 311 Å². The van der Waals surface area contributed by atoms with E-state index in [1.807, 2.05) is 269 Å². The maximum Gasteiger partial charge on any atom is 0.182 e. The van der Waals surface area contributed by atoms with Crippen LogP contribution in [0.2, 0.25) is 0 Å². The van der Waals surface area contributed by atoms with Crippen LogP contribution in [0.25, 0.3) is 72.1 Å². The SMILES string of the molecule is CCC[S@](=O)c1nc2ccccc2s1.COc1cc(C[S@](=O)c2nc3ccccc3s2)cc(OC)c1.COc1cccc(C[S@](=O)c2nc3ccccc3s2)c1.Cc1ccc(C[S@](=O)c2nc3ccccc3s2)cc1.O=[S@@](Cc1ccc2ccccc2c1)c1nc2ccccc2s1.O=[S@@](Cc1ccccc1)c1nc2ccccc2s1. The minimum absolute atomic E-state index is 0.382. The van der Waals surface area contributed by atoms with Crippen molar-refractivity contribution in [2.45, 2.75) is 75.1 Å². The third-order valence-corrected chi connectivity index (χ3v) is 33.5. The minimum Gasteiger partial charge on any atom is -0.497 e. The molecule has 0 aliphatic carbocycles. The van der Waals surface area contributed by atoms with Gasteiger partial charge in [-0.3, -0.25) is 25.3 Å². The monoisotopic (exact) mass is 1740 g/mol. The van der Waals surface area contributed by atoms with Gasteiger partial charge in [0.1, 0.15) is 17.2 Å². The molecule has 6 atom stereocenters. The van der Waals surface area contributed by atoms with Crippen LogP contribution in [-0.4, -0.2) is 82.2 Å². The van der Waals surface area contributed by atoms with E-state index in [0.29, 0.717) is 67.7 Å². The Morgan fingerprint density at radius 2 is 0.548 bits per heavy atom. The predicted octanol–water partition coefficient (Wildman–Crippen LogP) is 22.3. The second-order valence-electron chi connectivity index (χ2n) is 25.4. The predicted molar refractivity (Wildman–Crippen MR) is 484 cm³/mol. The molecule has 0 aliphatic rings. The summed E-state index contributed by atoms with van der Waals surface area (Å²) in [6.07, 6.45) is 0.933. The highest BCUT2D eigenvalue weighted by atomic mass is 32.2. The summed E-state index contributed by atoms with van der Waals surface area (Å²) in [5.74, 6) is 5.27. The number of rotatable bonds is 21. The Morgan fingerprint density at radius 1 is 0.261 bits per heavy atom.